The SMILES string of the molecule is C=CCN1C(=O)C(=Cc2cccc(C)c2O)C(=O)NC1=S. The first-order valence-corrected chi connectivity index (χ1v) is 6.65. The van der Waals surface area contributed by atoms with Crippen LogP contribution in [0.25, 0.3) is 6.08 Å². The molecule has 1 heterocycles. The molecule has 1 saturated heterocycles. The Morgan fingerprint density at radius 3 is 2.81 bits per heavy atom. The fraction of sp³-hybridized carbons (Fsp3) is 0.133. The zero-order valence-electron chi connectivity index (χ0n) is 11.4. The van der Waals surface area contributed by atoms with E-state index in [0.29, 0.717) is 11.1 Å². The summed E-state index contributed by atoms with van der Waals surface area (Å²) < 4.78 is 0. The monoisotopic (exact) mass is 302 g/mol. The van der Waals surface area contributed by atoms with E-state index < -0.39 is 11.8 Å². The number of hydrogen-bond acceptors (Lipinski definition) is 4. The first-order chi connectivity index (χ1) is 9.95. The van der Waals surface area contributed by atoms with E-state index in [1.54, 1.807) is 25.1 Å². The molecule has 2 amide bonds. The molecule has 0 bridgehead atoms. The van der Waals surface area contributed by atoms with Crippen LogP contribution < -0.4 is 5.32 Å². The van der Waals surface area contributed by atoms with Gasteiger partial charge in [-0.15, -0.1) is 6.58 Å². The van der Waals surface area contributed by atoms with Gasteiger partial charge in [-0.25, -0.2) is 0 Å². The molecule has 1 aromatic rings. The van der Waals surface area contributed by atoms with Crippen LogP contribution in [0, 0.1) is 6.92 Å². The molecule has 1 aliphatic rings. The summed E-state index contributed by atoms with van der Waals surface area (Å²) in [5.41, 5.74) is 0.984. The van der Waals surface area contributed by atoms with Crippen LogP contribution in [-0.2, 0) is 9.59 Å². The molecule has 0 aliphatic carbocycles. The summed E-state index contributed by atoms with van der Waals surface area (Å²) in [6.07, 6.45) is 2.88. The Labute approximate surface area is 127 Å². The predicted octanol–water partition coefficient (Wildman–Crippen LogP) is 1.51. The minimum absolute atomic E-state index is 0.0361. The maximum absolute atomic E-state index is 12.3. The molecular weight excluding hydrogens is 288 g/mol. The number of rotatable bonds is 3. The third-order valence-corrected chi connectivity index (χ3v) is 3.39. The largest absolute Gasteiger partial charge is 0.507 e. The minimum atomic E-state index is -0.578. The summed E-state index contributed by atoms with van der Waals surface area (Å²) in [6.45, 7) is 5.49. The molecule has 1 fully saturated rings. The van der Waals surface area contributed by atoms with Gasteiger partial charge in [0.2, 0.25) is 0 Å². The third kappa shape index (κ3) is 2.85. The third-order valence-electron chi connectivity index (χ3n) is 3.07. The van der Waals surface area contributed by atoms with E-state index in [-0.39, 0.29) is 23.0 Å². The van der Waals surface area contributed by atoms with Gasteiger partial charge in [-0.1, -0.05) is 24.3 Å². The van der Waals surface area contributed by atoms with Crippen molar-refractivity contribution in [3.8, 4) is 5.75 Å². The second kappa shape index (κ2) is 5.88. The quantitative estimate of drug-likeness (QED) is 0.384. The van der Waals surface area contributed by atoms with Crippen molar-refractivity contribution < 1.29 is 14.7 Å². The number of carbonyl (C=O) groups excluding carboxylic acids is 2. The number of amides is 2. The van der Waals surface area contributed by atoms with E-state index >= 15 is 0 Å². The van der Waals surface area contributed by atoms with Crippen LogP contribution >= 0.6 is 12.2 Å². The Kier molecular flexibility index (Phi) is 4.18. The standard InChI is InChI=1S/C15H14N2O3S/c1-3-7-17-14(20)11(13(19)16-15(17)21)8-10-6-4-5-9(2)12(10)18/h3-6,8,18H,1,7H2,2H3,(H,16,19,21). The van der Waals surface area contributed by atoms with Gasteiger partial charge < -0.3 is 5.11 Å². The number of thiocarbonyl (C=S) groups is 1. The average Bonchev–Trinajstić information content (AvgIpc) is 2.44. The minimum Gasteiger partial charge on any atom is -0.507 e. The van der Waals surface area contributed by atoms with Crippen molar-refractivity contribution in [3.05, 3.63) is 47.6 Å². The molecule has 21 heavy (non-hydrogen) atoms. The molecule has 0 saturated carbocycles. The lowest BCUT2D eigenvalue weighted by atomic mass is 10.0. The Hall–Kier alpha value is -2.47. The number of carbonyl (C=O) groups is 2. The molecule has 0 unspecified atom stereocenters. The van der Waals surface area contributed by atoms with Crippen molar-refractivity contribution in [1.82, 2.24) is 10.2 Å². The van der Waals surface area contributed by atoms with Gasteiger partial charge in [-0.05, 0) is 30.8 Å². The number of aryl methyl sites for hydroxylation is 1. The first kappa shape index (κ1) is 14.9. The zero-order chi connectivity index (χ0) is 15.6. The Balaban J connectivity index is 2.45. The highest BCUT2D eigenvalue weighted by Crippen LogP contribution is 2.25. The zero-order valence-corrected chi connectivity index (χ0v) is 12.2. The van der Waals surface area contributed by atoms with Crippen molar-refractivity contribution in [2.24, 2.45) is 0 Å². The fourth-order valence-corrected chi connectivity index (χ4v) is 2.19. The number of nitrogens with zero attached hydrogens (tertiary/aromatic N) is 1. The summed E-state index contributed by atoms with van der Waals surface area (Å²) in [7, 11) is 0. The average molecular weight is 302 g/mol. The number of phenolic OH excluding ortho intramolecular Hbond substituents is 1. The lowest BCUT2D eigenvalue weighted by molar-refractivity contribution is -0.128. The van der Waals surface area contributed by atoms with Crippen LogP contribution in [0.1, 0.15) is 11.1 Å². The van der Waals surface area contributed by atoms with Gasteiger partial charge in [0.05, 0.1) is 0 Å². The molecule has 1 aromatic carbocycles. The molecule has 5 nitrogen and oxygen atoms in total. The van der Waals surface area contributed by atoms with Crippen molar-refractivity contribution in [3.63, 3.8) is 0 Å². The summed E-state index contributed by atoms with van der Waals surface area (Å²) in [4.78, 5) is 25.5. The van der Waals surface area contributed by atoms with E-state index in [1.807, 2.05) is 0 Å². The molecule has 2 rings (SSSR count). The molecule has 2 N–H and O–H groups in total. The lowest BCUT2D eigenvalue weighted by Crippen LogP contribution is -2.53. The molecule has 1 aliphatic heterocycles. The second-order valence-electron chi connectivity index (χ2n) is 4.53. The van der Waals surface area contributed by atoms with E-state index in [0.717, 1.165) is 0 Å². The van der Waals surface area contributed by atoms with Crippen molar-refractivity contribution in [1.29, 1.82) is 0 Å². The number of benzene rings is 1. The van der Waals surface area contributed by atoms with Gasteiger partial charge in [0.15, 0.2) is 5.11 Å². The highest BCUT2D eigenvalue weighted by molar-refractivity contribution is 7.80. The van der Waals surface area contributed by atoms with Crippen LogP contribution in [0.15, 0.2) is 36.4 Å². The molecule has 6 heteroatoms. The number of phenols is 1. The summed E-state index contributed by atoms with van der Waals surface area (Å²) in [5, 5.41) is 12.5. The predicted molar refractivity (Wildman–Crippen MR) is 83.5 cm³/mol. The van der Waals surface area contributed by atoms with Crippen LogP contribution in [0.3, 0.4) is 0 Å². The summed E-state index contributed by atoms with van der Waals surface area (Å²) in [5.74, 6) is -1.05. The summed E-state index contributed by atoms with van der Waals surface area (Å²) in [6, 6.07) is 5.10. The molecule has 0 aromatic heterocycles. The van der Waals surface area contributed by atoms with Gasteiger partial charge in [0.1, 0.15) is 11.3 Å². The molecule has 0 atom stereocenters. The Morgan fingerprint density at radius 2 is 2.14 bits per heavy atom. The highest BCUT2D eigenvalue weighted by Gasteiger charge is 2.32. The van der Waals surface area contributed by atoms with Crippen molar-refractivity contribution >= 4 is 35.2 Å². The van der Waals surface area contributed by atoms with Gasteiger partial charge in [0.25, 0.3) is 11.8 Å². The van der Waals surface area contributed by atoms with Gasteiger partial charge in [-0.2, -0.15) is 0 Å². The van der Waals surface area contributed by atoms with Crippen LogP contribution in [-0.4, -0.2) is 33.5 Å². The van der Waals surface area contributed by atoms with Crippen molar-refractivity contribution in [2.45, 2.75) is 6.92 Å². The number of nitrogens with one attached hydrogen (secondary N) is 1. The number of hydrogen-bond donors (Lipinski definition) is 2. The highest BCUT2D eigenvalue weighted by atomic mass is 32.1. The van der Waals surface area contributed by atoms with Crippen LogP contribution in [0.2, 0.25) is 0 Å². The molecule has 108 valence electrons. The van der Waals surface area contributed by atoms with E-state index in [4.69, 9.17) is 12.2 Å². The van der Waals surface area contributed by atoms with E-state index in [1.165, 1.54) is 17.1 Å². The van der Waals surface area contributed by atoms with E-state index in [9.17, 15) is 14.7 Å². The van der Waals surface area contributed by atoms with Crippen LogP contribution in [0.4, 0.5) is 0 Å². The maximum Gasteiger partial charge on any atom is 0.265 e. The number of aromatic hydroxyl groups is 1. The molecule has 0 spiro atoms. The fourth-order valence-electron chi connectivity index (χ4n) is 1.94. The van der Waals surface area contributed by atoms with Gasteiger partial charge in [0, 0.05) is 12.1 Å². The second-order valence-corrected chi connectivity index (χ2v) is 4.92. The van der Waals surface area contributed by atoms with E-state index in [2.05, 4.69) is 11.9 Å². The number of para-hydroxylation sites is 1. The molecular formula is C15H14N2O3S. The summed E-state index contributed by atoms with van der Waals surface area (Å²) >= 11 is 4.96. The Morgan fingerprint density at radius 1 is 1.43 bits per heavy atom. The molecule has 0 radical (unpaired) electrons. The maximum atomic E-state index is 12.3. The van der Waals surface area contributed by atoms with Crippen LogP contribution in [0.5, 0.6) is 5.75 Å². The Bertz CT molecular complexity index is 679. The van der Waals surface area contributed by atoms with Gasteiger partial charge in [-0.3, -0.25) is 19.8 Å². The first-order valence-electron chi connectivity index (χ1n) is 6.24. The smallest absolute Gasteiger partial charge is 0.265 e. The van der Waals surface area contributed by atoms with Gasteiger partial charge >= 0.3 is 0 Å². The lowest BCUT2D eigenvalue weighted by Gasteiger charge is -2.27. The topological polar surface area (TPSA) is 69.6 Å². The van der Waals surface area contributed by atoms with Crippen molar-refractivity contribution in [2.75, 3.05) is 6.54 Å². The normalized spacial score (nSPS) is 17.1.